The third-order valence-electron chi connectivity index (χ3n) is 2.85. The van der Waals surface area contributed by atoms with Gasteiger partial charge in [0.25, 0.3) is 0 Å². The van der Waals surface area contributed by atoms with Crippen LogP contribution in [0.5, 0.6) is 11.5 Å². The molecule has 0 bridgehead atoms. The summed E-state index contributed by atoms with van der Waals surface area (Å²) in [7, 11) is 0. The average Bonchev–Trinajstić information content (AvgIpc) is 2.30. The van der Waals surface area contributed by atoms with Crippen LogP contribution in [-0.4, -0.2) is 10.2 Å². The zero-order chi connectivity index (χ0) is 12.4. The molecule has 0 heterocycles. The highest BCUT2D eigenvalue weighted by atomic mass is 16.3. The molecule has 0 aliphatic carbocycles. The molecule has 0 radical (unpaired) electrons. The van der Waals surface area contributed by atoms with E-state index in [0.717, 1.165) is 16.7 Å². The highest BCUT2D eigenvalue weighted by Crippen LogP contribution is 2.36. The Labute approximate surface area is 101 Å². The van der Waals surface area contributed by atoms with Crippen molar-refractivity contribution in [2.24, 2.45) is 0 Å². The summed E-state index contributed by atoms with van der Waals surface area (Å²) in [5.41, 5.74) is 2.88. The van der Waals surface area contributed by atoms with Crippen LogP contribution in [0.3, 0.4) is 0 Å². The lowest BCUT2D eigenvalue weighted by molar-refractivity contribution is 0.473. The Hall–Kier alpha value is -1.96. The molecule has 0 spiro atoms. The predicted molar refractivity (Wildman–Crippen MR) is 69.3 cm³/mol. The molecule has 0 amide bonds. The molecule has 88 valence electrons. The number of benzene rings is 2. The van der Waals surface area contributed by atoms with Crippen LogP contribution >= 0.6 is 0 Å². The van der Waals surface area contributed by atoms with E-state index in [4.69, 9.17) is 0 Å². The minimum Gasteiger partial charge on any atom is -0.508 e. The summed E-state index contributed by atoms with van der Waals surface area (Å²) in [6.45, 7) is 4.19. The van der Waals surface area contributed by atoms with Crippen LogP contribution < -0.4 is 0 Å². The maximum atomic E-state index is 10.0. The van der Waals surface area contributed by atoms with Gasteiger partial charge in [0, 0.05) is 5.56 Å². The van der Waals surface area contributed by atoms with E-state index >= 15 is 0 Å². The van der Waals surface area contributed by atoms with E-state index in [1.807, 2.05) is 24.3 Å². The van der Waals surface area contributed by atoms with Gasteiger partial charge in [-0.2, -0.15) is 0 Å². The lowest BCUT2D eigenvalue weighted by Gasteiger charge is -2.14. The average molecular weight is 228 g/mol. The van der Waals surface area contributed by atoms with E-state index in [-0.39, 0.29) is 11.5 Å². The molecule has 17 heavy (non-hydrogen) atoms. The summed E-state index contributed by atoms with van der Waals surface area (Å²) in [4.78, 5) is 0. The molecule has 2 heteroatoms. The second kappa shape index (κ2) is 4.50. The highest BCUT2D eigenvalue weighted by molar-refractivity contribution is 5.74. The van der Waals surface area contributed by atoms with Gasteiger partial charge in [0.1, 0.15) is 11.5 Å². The smallest absolute Gasteiger partial charge is 0.123 e. The Morgan fingerprint density at radius 1 is 0.882 bits per heavy atom. The van der Waals surface area contributed by atoms with Crippen molar-refractivity contribution in [2.45, 2.75) is 19.8 Å². The van der Waals surface area contributed by atoms with Crippen LogP contribution in [0.1, 0.15) is 25.3 Å². The van der Waals surface area contributed by atoms with Gasteiger partial charge in [-0.25, -0.2) is 0 Å². The van der Waals surface area contributed by atoms with Gasteiger partial charge in [0.15, 0.2) is 0 Å². The first-order valence-electron chi connectivity index (χ1n) is 5.71. The van der Waals surface area contributed by atoms with Gasteiger partial charge in [-0.05, 0) is 35.2 Å². The van der Waals surface area contributed by atoms with Gasteiger partial charge < -0.3 is 10.2 Å². The second-order valence-electron chi connectivity index (χ2n) is 4.44. The van der Waals surface area contributed by atoms with Crippen molar-refractivity contribution in [2.75, 3.05) is 0 Å². The molecule has 0 saturated carbocycles. The summed E-state index contributed by atoms with van der Waals surface area (Å²) in [6.07, 6.45) is 0. The molecule has 2 nitrogen and oxygen atoms in total. The zero-order valence-corrected chi connectivity index (χ0v) is 10.0. The van der Waals surface area contributed by atoms with Crippen LogP contribution in [0.15, 0.2) is 42.5 Å². The Morgan fingerprint density at radius 3 is 2.12 bits per heavy atom. The van der Waals surface area contributed by atoms with E-state index in [1.54, 1.807) is 18.2 Å². The van der Waals surface area contributed by atoms with Gasteiger partial charge >= 0.3 is 0 Å². The molecule has 2 N–H and O–H groups in total. The zero-order valence-electron chi connectivity index (χ0n) is 10.0. The summed E-state index contributed by atoms with van der Waals surface area (Å²) < 4.78 is 0. The Morgan fingerprint density at radius 2 is 1.53 bits per heavy atom. The normalized spacial score (nSPS) is 10.8. The largest absolute Gasteiger partial charge is 0.508 e. The van der Waals surface area contributed by atoms with Crippen molar-refractivity contribution in [1.82, 2.24) is 0 Å². The fraction of sp³-hybridized carbons (Fsp3) is 0.200. The number of aromatic hydroxyl groups is 2. The minimum atomic E-state index is 0.232. The van der Waals surface area contributed by atoms with Gasteiger partial charge in [0.2, 0.25) is 0 Å². The third-order valence-corrected chi connectivity index (χ3v) is 2.85. The first-order valence-corrected chi connectivity index (χ1v) is 5.71. The standard InChI is InChI=1S/C15H16O2/c1-10(2)13-4-3-5-14(17)15(13)11-6-8-12(16)9-7-11/h3-10,16-17H,1-2H3. The van der Waals surface area contributed by atoms with Crippen molar-refractivity contribution in [3.05, 3.63) is 48.0 Å². The van der Waals surface area contributed by atoms with Gasteiger partial charge in [-0.3, -0.25) is 0 Å². The van der Waals surface area contributed by atoms with Crippen LogP contribution in [-0.2, 0) is 0 Å². The van der Waals surface area contributed by atoms with Crippen LogP contribution in [0.2, 0.25) is 0 Å². The minimum absolute atomic E-state index is 0.232. The van der Waals surface area contributed by atoms with E-state index in [1.165, 1.54) is 0 Å². The molecule has 0 aliphatic rings. The van der Waals surface area contributed by atoms with Crippen molar-refractivity contribution in [3.63, 3.8) is 0 Å². The van der Waals surface area contributed by atoms with E-state index in [2.05, 4.69) is 13.8 Å². The maximum absolute atomic E-state index is 10.0. The molecule has 2 rings (SSSR count). The topological polar surface area (TPSA) is 40.5 Å². The monoisotopic (exact) mass is 228 g/mol. The molecule has 0 unspecified atom stereocenters. The summed E-state index contributed by atoms with van der Waals surface area (Å²) in [5, 5.41) is 19.3. The van der Waals surface area contributed by atoms with Crippen molar-refractivity contribution in [3.8, 4) is 22.6 Å². The number of rotatable bonds is 2. The quantitative estimate of drug-likeness (QED) is 0.818. The van der Waals surface area contributed by atoms with E-state index < -0.39 is 0 Å². The van der Waals surface area contributed by atoms with Gasteiger partial charge in [0.05, 0.1) is 0 Å². The fourth-order valence-electron chi connectivity index (χ4n) is 1.98. The highest BCUT2D eigenvalue weighted by Gasteiger charge is 2.12. The van der Waals surface area contributed by atoms with Gasteiger partial charge in [-0.15, -0.1) is 0 Å². The lowest BCUT2D eigenvalue weighted by atomic mass is 9.92. The van der Waals surface area contributed by atoms with Crippen molar-refractivity contribution in [1.29, 1.82) is 0 Å². The Bertz CT molecular complexity index is 513. The molecule has 2 aromatic rings. The van der Waals surface area contributed by atoms with Gasteiger partial charge in [-0.1, -0.05) is 38.1 Å². The number of hydrogen-bond acceptors (Lipinski definition) is 2. The number of hydrogen-bond donors (Lipinski definition) is 2. The summed E-state index contributed by atoms with van der Waals surface area (Å²) in [5.74, 6) is 0.850. The predicted octanol–water partition coefficient (Wildman–Crippen LogP) is 3.89. The van der Waals surface area contributed by atoms with Crippen molar-refractivity contribution >= 4 is 0 Å². The van der Waals surface area contributed by atoms with E-state index in [0.29, 0.717) is 5.92 Å². The Balaban J connectivity index is 2.61. The summed E-state index contributed by atoms with van der Waals surface area (Å²) in [6, 6.07) is 12.5. The first kappa shape index (κ1) is 11.5. The first-order chi connectivity index (χ1) is 8.09. The molecule has 0 atom stereocenters. The molecule has 0 fully saturated rings. The molecular weight excluding hydrogens is 212 g/mol. The number of phenols is 2. The molecule has 0 saturated heterocycles. The van der Waals surface area contributed by atoms with Crippen LogP contribution in [0.4, 0.5) is 0 Å². The fourth-order valence-corrected chi connectivity index (χ4v) is 1.98. The number of phenolic OH excluding ortho intramolecular Hbond substituents is 2. The van der Waals surface area contributed by atoms with Crippen LogP contribution in [0.25, 0.3) is 11.1 Å². The SMILES string of the molecule is CC(C)c1cccc(O)c1-c1ccc(O)cc1. The van der Waals surface area contributed by atoms with Crippen LogP contribution in [0, 0.1) is 0 Å². The molecule has 0 aliphatic heterocycles. The molecular formula is C15H16O2. The Kier molecular flexibility index (Phi) is 3.05. The molecule has 2 aromatic carbocycles. The van der Waals surface area contributed by atoms with E-state index in [9.17, 15) is 10.2 Å². The maximum Gasteiger partial charge on any atom is 0.123 e. The molecule has 0 aromatic heterocycles. The summed E-state index contributed by atoms with van der Waals surface area (Å²) >= 11 is 0. The second-order valence-corrected chi connectivity index (χ2v) is 4.44. The van der Waals surface area contributed by atoms with Crippen molar-refractivity contribution < 1.29 is 10.2 Å². The third kappa shape index (κ3) is 2.26. The lowest BCUT2D eigenvalue weighted by Crippen LogP contribution is -1.92.